The summed E-state index contributed by atoms with van der Waals surface area (Å²) in [6.07, 6.45) is 38.0. The summed E-state index contributed by atoms with van der Waals surface area (Å²) in [5.74, 6) is 1.35. The lowest BCUT2D eigenvalue weighted by molar-refractivity contribution is -0.514. The molecule has 56 heavy (non-hydrogen) atoms. The summed E-state index contributed by atoms with van der Waals surface area (Å²) in [5, 5.41) is 18.4. The quantitative estimate of drug-likeness (QED) is 0.0203. The molecule has 1 atom stereocenters. The fourth-order valence-electron chi connectivity index (χ4n) is 6.84. The molecule has 0 aromatic heterocycles. The molecule has 0 radical (unpaired) electrons. The standard InChI is InChI=1S/C45H91N3O7S/c1-3-5-7-9-11-16-20-24-28-33-44(49)52-41-43(53-45(50)34-29-25-21-17-12-10-8-6-4-2)42-56-40-32-37-46-35-30-26-22-18-14-13-15-19-23-27-31-36-47-38-39-48-54-55-51/h43,46-48,51H,3-42H2,1-2H3. The molecule has 0 bridgehead atoms. The molecule has 0 amide bonds. The van der Waals surface area contributed by atoms with E-state index in [0.717, 1.165) is 64.0 Å². The first-order valence-corrected chi connectivity index (χ1v) is 24.8. The van der Waals surface area contributed by atoms with Gasteiger partial charge in [-0.2, -0.15) is 17.2 Å². The second kappa shape index (κ2) is 48.4. The zero-order chi connectivity index (χ0) is 40.7. The van der Waals surface area contributed by atoms with Gasteiger partial charge in [0.1, 0.15) is 12.7 Å². The van der Waals surface area contributed by atoms with Crippen LogP contribution in [0.3, 0.4) is 0 Å². The van der Waals surface area contributed by atoms with Crippen molar-refractivity contribution in [2.24, 2.45) is 0 Å². The molecule has 0 saturated heterocycles. The van der Waals surface area contributed by atoms with Crippen LogP contribution in [0.2, 0.25) is 0 Å². The van der Waals surface area contributed by atoms with Gasteiger partial charge in [-0.05, 0) is 57.5 Å². The highest BCUT2D eigenvalue weighted by Crippen LogP contribution is 2.15. The van der Waals surface area contributed by atoms with Crippen LogP contribution >= 0.6 is 11.8 Å². The van der Waals surface area contributed by atoms with Crippen molar-refractivity contribution in [3.05, 3.63) is 0 Å². The molecule has 0 heterocycles. The average Bonchev–Trinajstić information content (AvgIpc) is 3.20. The Morgan fingerprint density at radius 1 is 0.500 bits per heavy atom. The van der Waals surface area contributed by atoms with Gasteiger partial charge < -0.3 is 20.1 Å². The van der Waals surface area contributed by atoms with Gasteiger partial charge in [0.2, 0.25) is 0 Å². The first kappa shape index (κ1) is 55.0. The van der Waals surface area contributed by atoms with Gasteiger partial charge in [0.15, 0.2) is 0 Å². The predicted molar refractivity (Wildman–Crippen MR) is 236 cm³/mol. The van der Waals surface area contributed by atoms with Crippen LogP contribution in [0.15, 0.2) is 0 Å². The zero-order valence-electron chi connectivity index (χ0n) is 36.7. The maximum atomic E-state index is 12.7. The third kappa shape index (κ3) is 45.7. The Labute approximate surface area is 349 Å². The summed E-state index contributed by atoms with van der Waals surface area (Å²) in [4.78, 5) is 29.4. The fourth-order valence-corrected chi connectivity index (χ4v) is 7.78. The van der Waals surface area contributed by atoms with Crippen LogP contribution in [0.25, 0.3) is 0 Å². The summed E-state index contributed by atoms with van der Waals surface area (Å²) in [6, 6.07) is 0. The number of hydrogen-bond acceptors (Lipinski definition) is 11. The molecular weight excluding hydrogens is 727 g/mol. The Hall–Kier alpha value is -0.950. The number of carbonyl (C=O) groups excluding carboxylic acids is 2. The van der Waals surface area contributed by atoms with Gasteiger partial charge in [-0.1, -0.05) is 179 Å². The largest absolute Gasteiger partial charge is 0.462 e. The Kier molecular flexibility index (Phi) is 47.6. The molecule has 0 spiro atoms. The lowest BCUT2D eigenvalue weighted by Gasteiger charge is -2.18. The zero-order valence-corrected chi connectivity index (χ0v) is 37.5. The van der Waals surface area contributed by atoms with Crippen molar-refractivity contribution in [3.63, 3.8) is 0 Å². The summed E-state index contributed by atoms with van der Waals surface area (Å²) in [6.45, 7) is 9.12. The molecule has 334 valence electrons. The van der Waals surface area contributed by atoms with Crippen molar-refractivity contribution >= 4 is 23.7 Å². The molecule has 0 fully saturated rings. The summed E-state index contributed by atoms with van der Waals surface area (Å²) in [7, 11) is 0. The Balaban J connectivity index is 3.99. The first-order valence-electron chi connectivity index (χ1n) is 23.7. The van der Waals surface area contributed by atoms with E-state index in [2.05, 4.69) is 40.0 Å². The smallest absolute Gasteiger partial charge is 0.306 e. The van der Waals surface area contributed by atoms with Gasteiger partial charge in [-0.25, -0.2) is 5.26 Å². The molecule has 0 aromatic carbocycles. The van der Waals surface area contributed by atoms with E-state index in [0.29, 0.717) is 25.1 Å². The van der Waals surface area contributed by atoms with Crippen LogP contribution in [0.4, 0.5) is 0 Å². The van der Waals surface area contributed by atoms with E-state index in [1.54, 1.807) is 11.8 Å². The number of nitrogens with one attached hydrogen (secondary N) is 3. The Morgan fingerprint density at radius 2 is 0.911 bits per heavy atom. The van der Waals surface area contributed by atoms with E-state index in [1.807, 2.05) is 0 Å². The molecule has 10 nitrogen and oxygen atoms in total. The highest BCUT2D eigenvalue weighted by Gasteiger charge is 2.17. The van der Waals surface area contributed by atoms with Crippen LogP contribution in [0, 0.1) is 0 Å². The number of thioether (sulfide) groups is 1. The number of esters is 2. The van der Waals surface area contributed by atoms with Gasteiger partial charge in [0, 0.05) is 31.7 Å². The van der Waals surface area contributed by atoms with Crippen LogP contribution in [-0.4, -0.2) is 74.1 Å². The lowest BCUT2D eigenvalue weighted by atomic mass is 10.1. The maximum Gasteiger partial charge on any atom is 0.306 e. The van der Waals surface area contributed by atoms with Gasteiger partial charge in [0.25, 0.3) is 0 Å². The highest BCUT2D eigenvalue weighted by atomic mass is 32.2. The van der Waals surface area contributed by atoms with E-state index >= 15 is 0 Å². The molecule has 0 aromatic rings. The van der Waals surface area contributed by atoms with Crippen LogP contribution in [0.5, 0.6) is 0 Å². The summed E-state index contributed by atoms with van der Waals surface area (Å²) >= 11 is 1.80. The molecular formula is C45H91N3O7S. The van der Waals surface area contributed by atoms with Crippen LogP contribution in [-0.2, 0) is 29.1 Å². The second-order valence-corrected chi connectivity index (χ2v) is 17.0. The molecule has 0 aliphatic carbocycles. The summed E-state index contributed by atoms with van der Waals surface area (Å²) in [5.41, 5.74) is 2.47. The number of unbranched alkanes of at least 4 members (excludes halogenated alkanes) is 26. The van der Waals surface area contributed by atoms with E-state index in [9.17, 15) is 9.59 Å². The van der Waals surface area contributed by atoms with Gasteiger partial charge in [0.05, 0.1) is 0 Å². The van der Waals surface area contributed by atoms with Gasteiger partial charge in [-0.15, -0.1) is 4.99 Å². The molecule has 0 aliphatic heterocycles. The maximum absolute atomic E-state index is 12.7. The summed E-state index contributed by atoms with van der Waals surface area (Å²) < 4.78 is 11.5. The van der Waals surface area contributed by atoms with Crippen molar-refractivity contribution in [2.45, 2.75) is 225 Å². The normalized spacial score (nSPS) is 12.0. The molecule has 0 aliphatic rings. The Morgan fingerprint density at radius 3 is 1.39 bits per heavy atom. The van der Waals surface area contributed by atoms with Crippen molar-refractivity contribution in [1.29, 1.82) is 0 Å². The number of carbonyl (C=O) groups is 2. The molecule has 4 N–H and O–H groups in total. The fraction of sp³-hybridized carbons (Fsp3) is 0.956. The molecule has 1 unspecified atom stereocenters. The van der Waals surface area contributed by atoms with Crippen molar-refractivity contribution in [3.8, 4) is 0 Å². The third-order valence-electron chi connectivity index (χ3n) is 10.4. The molecule has 11 heteroatoms. The predicted octanol–water partition coefficient (Wildman–Crippen LogP) is 11.8. The topological polar surface area (TPSA) is 127 Å². The van der Waals surface area contributed by atoms with Crippen LogP contribution < -0.4 is 16.1 Å². The minimum atomic E-state index is -0.371. The SMILES string of the molecule is CCCCCCCCCCCC(=O)OCC(CSCCCNCCCCCCCCCCCCCNCCNOOO)OC(=O)CCCCCCCCCCC. The molecule has 0 saturated carbocycles. The molecule has 0 rings (SSSR count). The number of hydrogen-bond donors (Lipinski definition) is 4. The monoisotopic (exact) mass is 818 g/mol. The first-order chi connectivity index (χ1) is 27.6. The van der Waals surface area contributed by atoms with Gasteiger partial charge >= 0.3 is 11.9 Å². The van der Waals surface area contributed by atoms with E-state index < -0.39 is 0 Å². The van der Waals surface area contributed by atoms with Crippen molar-refractivity contribution in [1.82, 2.24) is 16.1 Å². The lowest BCUT2D eigenvalue weighted by Crippen LogP contribution is -2.28. The minimum Gasteiger partial charge on any atom is -0.462 e. The minimum absolute atomic E-state index is 0.153. The third-order valence-corrected chi connectivity index (χ3v) is 11.5. The second-order valence-electron chi connectivity index (χ2n) is 15.8. The van der Waals surface area contributed by atoms with Crippen LogP contribution in [0.1, 0.15) is 219 Å². The van der Waals surface area contributed by atoms with Crippen molar-refractivity contribution < 1.29 is 34.3 Å². The number of ether oxygens (including phenoxy) is 2. The van der Waals surface area contributed by atoms with Crippen molar-refractivity contribution in [2.75, 3.05) is 50.8 Å². The highest BCUT2D eigenvalue weighted by molar-refractivity contribution is 7.99. The number of rotatable bonds is 48. The van der Waals surface area contributed by atoms with E-state index in [1.165, 1.54) is 161 Å². The number of hydroxylamine groups is 1. The Bertz CT molecular complexity index is 799. The van der Waals surface area contributed by atoms with Gasteiger partial charge in [-0.3, -0.25) is 9.59 Å². The van der Waals surface area contributed by atoms with E-state index in [4.69, 9.17) is 14.7 Å². The average molecular weight is 818 g/mol. The van der Waals surface area contributed by atoms with E-state index in [-0.39, 0.29) is 24.6 Å².